The summed E-state index contributed by atoms with van der Waals surface area (Å²) < 4.78 is 0. The fourth-order valence-corrected chi connectivity index (χ4v) is 1.74. The zero-order chi connectivity index (χ0) is 12.4. The average Bonchev–Trinajstić information content (AvgIpc) is 2.57. The molecule has 0 amide bonds. The maximum atomic E-state index is 11.5. The lowest BCUT2D eigenvalue weighted by Gasteiger charge is -2.12. The highest BCUT2D eigenvalue weighted by Crippen LogP contribution is 2.21. The minimum Gasteiger partial charge on any atom is -0.385 e. The van der Waals surface area contributed by atoms with E-state index in [1.807, 2.05) is 33.8 Å². The van der Waals surface area contributed by atoms with Crippen molar-refractivity contribution in [3.8, 4) is 0 Å². The van der Waals surface area contributed by atoms with Crippen LogP contribution in [0, 0.1) is 0 Å². The van der Waals surface area contributed by atoms with E-state index < -0.39 is 0 Å². The Morgan fingerprint density at radius 1 is 1.12 bits per heavy atom. The minimum atomic E-state index is 0.347. The Kier molecular flexibility index (Phi) is 8.59. The Bertz CT molecular complexity index is 264. The van der Waals surface area contributed by atoms with E-state index in [1.165, 1.54) is 0 Å². The van der Waals surface area contributed by atoms with Gasteiger partial charge in [0.2, 0.25) is 0 Å². The SMILES string of the molecule is CC.CC.O=C1CCCNC2=C1CCC=C2. The summed E-state index contributed by atoms with van der Waals surface area (Å²) in [6.07, 6.45) is 7.82. The van der Waals surface area contributed by atoms with Gasteiger partial charge in [-0.05, 0) is 25.3 Å². The van der Waals surface area contributed by atoms with Gasteiger partial charge >= 0.3 is 0 Å². The Balaban J connectivity index is 0.000000509. The standard InChI is InChI=1S/C10H13NO.2C2H6/c12-10-6-3-7-11-9-5-2-1-4-8(9)10;2*1-2/h2,5,11H,1,3-4,6-7H2;2*1-2H3. The number of Topliss-reactive ketones (excluding diaryl/α,β-unsaturated/α-hetero) is 1. The summed E-state index contributed by atoms with van der Waals surface area (Å²) in [5, 5.41) is 3.29. The van der Waals surface area contributed by atoms with Gasteiger partial charge in [0.05, 0.1) is 0 Å². The normalized spacial score (nSPS) is 18.1. The summed E-state index contributed by atoms with van der Waals surface area (Å²) in [5.41, 5.74) is 2.10. The highest BCUT2D eigenvalue weighted by atomic mass is 16.1. The molecule has 0 spiro atoms. The largest absolute Gasteiger partial charge is 0.385 e. The Morgan fingerprint density at radius 2 is 1.81 bits per heavy atom. The molecule has 0 atom stereocenters. The topological polar surface area (TPSA) is 29.1 Å². The molecule has 2 aliphatic rings. The third-order valence-electron chi connectivity index (χ3n) is 2.40. The third-order valence-corrected chi connectivity index (χ3v) is 2.40. The molecule has 0 fully saturated rings. The number of carbonyl (C=O) groups excluding carboxylic acids is 1. The second-order valence-electron chi connectivity index (χ2n) is 3.29. The second-order valence-corrected chi connectivity index (χ2v) is 3.29. The smallest absolute Gasteiger partial charge is 0.160 e. The Morgan fingerprint density at radius 3 is 2.50 bits per heavy atom. The van der Waals surface area contributed by atoms with Crippen LogP contribution >= 0.6 is 0 Å². The van der Waals surface area contributed by atoms with E-state index in [1.54, 1.807) is 0 Å². The monoisotopic (exact) mass is 223 g/mol. The van der Waals surface area contributed by atoms with Gasteiger partial charge in [0.15, 0.2) is 5.78 Å². The van der Waals surface area contributed by atoms with Gasteiger partial charge in [-0.3, -0.25) is 4.79 Å². The van der Waals surface area contributed by atoms with Crippen LogP contribution in [0.25, 0.3) is 0 Å². The molecule has 0 saturated carbocycles. The molecule has 1 aliphatic heterocycles. The molecule has 0 unspecified atom stereocenters. The fourth-order valence-electron chi connectivity index (χ4n) is 1.74. The molecule has 0 saturated heterocycles. The van der Waals surface area contributed by atoms with E-state index in [9.17, 15) is 4.79 Å². The number of hydrogen-bond acceptors (Lipinski definition) is 2. The highest BCUT2D eigenvalue weighted by molar-refractivity contribution is 5.96. The van der Waals surface area contributed by atoms with Crippen LogP contribution in [0.1, 0.15) is 53.4 Å². The van der Waals surface area contributed by atoms with Crippen LogP contribution in [0.15, 0.2) is 23.4 Å². The van der Waals surface area contributed by atoms with Gasteiger partial charge in [0, 0.05) is 24.2 Å². The maximum Gasteiger partial charge on any atom is 0.160 e. The van der Waals surface area contributed by atoms with Crippen LogP contribution in [0.2, 0.25) is 0 Å². The zero-order valence-corrected chi connectivity index (χ0v) is 11.1. The molecule has 0 aromatic carbocycles. The van der Waals surface area contributed by atoms with Crippen molar-refractivity contribution in [2.24, 2.45) is 0 Å². The molecule has 0 aromatic heterocycles. The summed E-state index contributed by atoms with van der Waals surface area (Å²) in [5.74, 6) is 0.347. The van der Waals surface area contributed by atoms with Crippen LogP contribution in [0.3, 0.4) is 0 Å². The third kappa shape index (κ3) is 4.21. The summed E-state index contributed by atoms with van der Waals surface area (Å²) in [4.78, 5) is 11.5. The molecular formula is C14H25NO. The summed E-state index contributed by atoms with van der Waals surface area (Å²) in [7, 11) is 0. The van der Waals surface area contributed by atoms with Crippen molar-refractivity contribution in [2.75, 3.05) is 6.54 Å². The van der Waals surface area contributed by atoms with Crippen LogP contribution in [0.5, 0.6) is 0 Å². The van der Waals surface area contributed by atoms with E-state index >= 15 is 0 Å². The maximum absolute atomic E-state index is 11.5. The molecular weight excluding hydrogens is 198 g/mol. The first-order valence-electron chi connectivity index (χ1n) is 6.55. The summed E-state index contributed by atoms with van der Waals surface area (Å²) in [6, 6.07) is 0. The summed E-state index contributed by atoms with van der Waals surface area (Å²) in [6.45, 7) is 8.94. The van der Waals surface area contributed by atoms with Gasteiger partial charge in [0.25, 0.3) is 0 Å². The second kappa shape index (κ2) is 9.20. The van der Waals surface area contributed by atoms with E-state index in [0.29, 0.717) is 5.78 Å². The molecule has 16 heavy (non-hydrogen) atoms. The zero-order valence-electron chi connectivity index (χ0n) is 11.1. The molecule has 1 aliphatic carbocycles. The number of ketones is 1. The Hall–Kier alpha value is -1.05. The van der Waals surface area contributed by atoms with Crippen molar-refractivity contribution in [1.29, 1.82) is 0 Å². The lowest BCUT2D eigenvalue weighted by atomic mass is 9.97. The van der Waals surface area contributed by atoms with Crippen molar-refractivity contribution in [1.82, 2.24) is 5.32 Å². The number of hydrogen-bond donors (Lipinski definition) is 1. The number of carbonyl (C=O) groups is 1. The van der Waals surface area contributed by atoms with Crippen LogP contribution in [0.4, 0.5) is 0 Å². The van der Waals surface area contributed by atoms with Gasteiger partial charge in [-0.1, -0.05) is 33.8 Å². The predicted molar refractivity (Wildman–Crippen MR) is 70.3 cm³/mol. The van der Waals surface area contributed by atoms with Crippen LogP contribution in [-0.2, 0) is 4.79 Å². The summed E-state index contributed by atoms with van der Waals surface area (Å²) >= 11 is 0. The van der Waals surface area contributed by atoms with E-state index in [-0.39, 0.29) is 0 Å². The van der Waals surface area contributed by atoms with Gasteiger partial charge in [-0.2, -0.15) is 0 Å². The fraction of sp³-hybridized carbons (Fsp3) is 0.643. The predicted octanol–water partition coefficient (Wildman–Crippen LogP) is 3.60. The van der Waals surface area contributed by atoms with E-state index in [0.717, 1.165) is 43.5 Å². The highest BCUT2D eigenvalue weighted by Gasteiger charge is 2.18. The van der Waals surface area contributed by atoms with Crippen molar-refractivity contribution >= 4 is 5.78 Å². The first-order valence-corrected chi connectivity index (χ1v) is 6.55. The molecule has 0 aromatic rings. The molecule has 0 radical (unpaired) electrons. The van der Waals surface area contributed by atoms with E-state index in [4.69, 9.17) is 0 Å². The van der Waals surface area contributed by atoms with Gasteiger partial charge in [0.1, 0.15) is 0 Å². The van der Waals surface area contributed by atoms with Gasteiger partial charge in [-0.25, -0.2) is 0 Å². The van der Waals surface area contributed by atoms with Crippen LogP contribution < -0.4 is 5.32 Å². The van der Waals surface area contributed by atoms with Crippen molar-refractivity contribution in [2.45, 2.75) is 53.4 Å². The number of rotatable bonds is 0. The van der Waals surface area contributed by atoms with Crippen molar-refractivity contribution < 1.29 is 4.79 Å². The molecule has 1 N–H and O–H groups in total. The lowest BCUT2D eigenvalue weighted by molar-refractivity contribution is -0.115. The minimum absolute atomic E-state index is 0.347. The lowest BCUT2D eigenvalue weighted by Crippen LogP contribution is -2.15. The number of allylic oxidation sites excluding steroid dienone is 3. The first kappa shape index (κ1) is 14.9. The first-order chi connectivity index (χ1) is 7.88. The van der Waals surface area contributed by atoms with Gasteiger partial charge in [-0.15, -0.1) is 0 Å². The van der Waals surface area contributed by atoms with Crippen molar-refractivity contribution in [3.05, 3.63) is 23.4 Å². The molecule has 0 bridgehead atoms. The molecule has 2 nitrogen and oxygen atoms in total. The molecule has 2 heteroatoms. The number of nitrogens with one attached hydrogen (secondary N) is 1. The van der Waals surface area contributed by atoms with Gasteiger partial charge < -0.3 is 5.32 Å². The Labute approximate surface area is 99.8 Å². The molecule has 1 heterocycles. The van der Waals surface area contributed by atoms with Crippen LogP contribution in [-0.4, -0.2) is 12.3 Å². The van der Waals surface area contributed by atoms with Crippen molar-refractivity contribution in [3.63, 3.8) is 0 Å². The molecule has 2 rings (SSSR count). The van der Waals surface area contributed by atoms with E-state index in [2.05, 4.69) is 11.4 Å². The average molecular weight is 223 g/mol. The molecule has 92 valence electrons. The quantitative estimate of drug-likeness (QED) is 0.680.